The Hall–Kier alpha value is -2.52. The van der Waals surface area contributed by atoms with E-state index in [4.69, 9.17) is 0 Å². The molecular formula is C25H27N3. The molecule has 1 fully saturated rings. The second-order valence-corrected chi connectivity index (χ2v) is 8.57. The Morgan fingerprint density at radius 2 is 1.71 bits per heavy atom. The lowest BCUT2D eigenvalue weighted by Gasteiger charge is -2.35. The van der Waals surface area contributed by atoms with Gasteiger partial charge in [-0.3, -0.25) is 4.90 Å². The first-order valence-corrected chi connectivity index (χ1v) is 10.8. The molecule has 0 aliphatic carbocycles. The predicted molar refractivity (Wildman–Crippen MR) is 116 cm³/mol. The molecule has 2 atom stereocenters. The maximum atomic E-state index is 3.71. The number of aromatic nitrogens is 2. The molecule has 2 N–H and O–H groups in total. The molecule has 2 aromatic carbocycles. The van der Waals surface area contributed by atoms with Crippen molar-refractivity contribution < 1.29 is 0 Å². The van der Waals surface area contributed by atoms with Crippen LogP contribution in [0, 0.1) is 0 Å². The molecule has 0 amide bonds. The van der Waals surface area contributed by atoms with Gasteiger partial charge in [0, 0.05) is 52.2 Å². The summed E-state index contributed by atoms with van der Waals surface area (Å²) in [5.41, 5.74) is 7.15. The summed E-state index contributed by atoms with van der Waals surface area (Å²) < 4.78 is 0. The lowest BCUT2D eigenvalue weighted by molar-refractivity contribution is 0.174. The van der Waals surface area contributed by atoms with Gasteiger partial charge in [0.1, 0.15) is 0 Å². The number of H-pyrrole nitrogens is 2. The molecule has 0 spiro atoms. The minimum Gasteiger partial charge on any atom is -0.361 e. The average Bonchev–Trinajstić information content (AvgIpc) is 3.38. The molecule has 142 valence electrons. The molecule has 2 aromatic heterocycles. The standard InChI is InChI=1S/C25H27N3/c1-3-10-21-19(8-1)17(16-26-21)7-5-6-14-28-18-12-13-24(28)25-20-9-2-4-11-22(20)27-23(25)15-18/h1-4,8-11,16,18,24,26-27H,5-7,12-15H2/t18-,24+/m0/s1. The van der Waals surface area contributed by atoms with Crippen LogP contribution in [0.1, 0.15) is 48.5 Å². The summed E-state index contributed by atoms with van der Waals surface area (Å²) in [6.45, 7) is 1.23. The van der Waals surface area contributed by atoms with Crippen molar-refractivity contribution in [3.05, 3.63) is 71.5 Å². The molecule has 3 nitrogen and oxygen atoms in total. The zero-order chi connectivity index (χ0) is 18.5. The quantitative estimate of drug-likeness (QED) is 0.433. The van der Waals surface area contributed by atoms with E-state index in [1.54, 1.807) is 5.56 Å². The Bertz CT molecular complexity index is 1140. The second kappa shape index (κ2) is 6.52. The second-order valence-electron chi connectivity index (χ2n) is 8.57. The number of aryl methyl sites for hydroxylation is 1. The van der Waals surface area contributed by atoms with Gasteiger partial charge in [0.15, 0.2) is 0 Å². The number of nitrogens with zero attached hydrogens (tertiary/aromatic N) is 1. The average molecular weight is 370 g/mol. The highest BCUT2D eigenvalue weighted by Crippen LogP contribution is 2.46. The highest BCUT2D eigenvalue weighted by molar-refractivity contribution is 5.85. The number of hydrogen-bond acceptors (Lipinski definition) is 1. The molecule has 4 heterocycles. The van der Waals surface area contributed by atoms with Gasteiger partial charge in [0.25, 0.3) is 0 Å². The number of hydrogen-bond donors (Lipinski definition) is 2. The maximum Gasteiger partial charge on any atom is 0.0459 e. The van der Waals surface area contributed by atoms with Crippen LogP contribution in [0.4, 0.5) is 0 Å². The van der Waals surface area contributed by atoms with Crippen LogP contribution in [-0.2, 0) is 12.8 Å². The van der Waals surface area contributed by atoms with E-state index in [2.05, 4.69) is 69.6 Å². The Kier molecular flexibility index (Phi) is 3.83. The molecule has 0 radical (unpaired) electrons. The van der Waals surface area contributed by atoms with Crippen LogP contribution in [0.25, 0.3) is 21.8 Å². The van der Waals surface area contributed by atoms with E-state index in [-0.39, 0.29) is 0 Å². The van der Waals surface area contributed by atoms with E-state index in [1.165, 1.54) is 78.1 Å². The van der Waals surface area contributed by atoms with Crippen molar-refractivity contribution in [3.8, 4) is 0 Å². The van der Waals surface area contributed by atoms with Gasteiger partial charge in [-0.1, -0.05) is 36.4 Å². The van der Waals surface area contributed by atoms with E-state index in [1.807, 2.05) is 0 Å². The molecule has 2 bridgehead atoms. The van der Waals surface area contributed by atoms with Crippen LogP contribution < -0.4 is 0 Å². The molecule has 2 aliphatic rings. The summed E-state index contributed by atoms with van der Waals surface area (Å²) in [6, 6.07) is 18.9. The first-order chi connectivity index (χ1) is 13.9. The van der Waals surface area contributed by atoms with E-state index < -0.39 is 0 Å². The van der Waals surface area contributed by atoms with Crippen molar-refractivity contribution in [3.63, 3.8) is 0 Å². The predicted octanol–water partition coefficient (Wildman–Crippen LogP) is 5.73. The molecule has 3 heteroatoms. The van der Waals surface area contributed by atoms with Crippen LogP contribution in [0.15, 0.2) is 54.7 Å². The van der Waals surface area contributed by atoms with Crippen LogP contribution in [0.3, 0.4) is 0 Å². The summed E-state index contributed by atoms with van der Waals surface area (Å²) in [5, 5.41) is 2.84. The smallest absolute Gasteiger partial charge is 0.0459 e. The van der Waals surface area contributed by atoms with Crippen LogP contribution in [-0.4, -0.2) is 27.5 Å². The van der Waals surface area contributed by atoms with Crippen molar-refractivity contribution in [2.75, 3.05) is 6.54 Å². The Labute approximate surface area is 165 Å². The van der Waals surface area contributed by atoms with Crippen molar-refractivity contribution in [1.29, 1.82) is 0 Å². The highest BCUT2D eigenvalue weighted by atomic mass is 15.2. The zero-order valence-electron chi connectivity index (χ0n) is 16.2. The summed E-state index contributed by atoms with van der Waals surface area (Å²) in [4.78, 5) is 9.94. The molecule has 6 rings (SSSR count). The fraction of sp³-hybridized carbons (Fsp3) is 0.360. The molecular weight excluding hydrogens is 342 g/mol. The number of para-hydroxylation sites is 2. The van der Waals surface area contributed by atoms with Gasteiger partial charge < -0.3 is 9.97 Å². The van der Waals surface area contributed by atoms with Gasteiger partial charge in [0.2, 0.25) is 0 Å². The minimum atomic E-state index is 0.623. The molecule has 0 saturated carbocycles. The third-order valence-corrected chi connectivity index (χ3v) is 7.03. The number of unbranched alkanes of at least 4 members (excludes halogenated alkanes) is 1. The van der Waals surface area contributed by atoms with E-state index >= 15 is 0 Å². The van der Waals surface area contributed by atoms with Crippen molar-refractivity contribution >= 4 is 21.8 Å². The zero-order valence-corrected chi connectivity index (χ0v) is 16.2. The van der Waals surface area contributed by atoms with E-state index in [0.717, 1.165) is 6.04 Å². The van der Waals surface area contributed by atoms with Crippen LogP contribution >= 0.6 is 0 Å². The lowest BCUT2D eigenvalue weighted by Crippen LogP contribution is -2.37. The number of nitrogens with one attached hydrogen (secondary N) is 2. The third kappa shape index (κ3) is 2.53. The number of aromatic amines is 2. The monoisotopic (exact) mass is 369 g/mol. The van der Waals surface area contributed by atoms with E-state index in [9.17, 15) is 0 Å². The SMILES string of the molecule is c1ccc2c(CCCCN3[C@H]4CC[C@@H]3c3c([nH]c5ccccc35)C4)c[nH]c2c1. The van der Waals surface area contributed by atoms with Crippen molar-refractivity contribution in [1.82, 2.24) is 14.9 Å². The van der Waals surface area contributed by atoms with Crippen LogP contribution in [0.2, 0.25) is 0 Å². The summed E-state index contributed by atoms with van der Waals surface area (Å²) in [6.07, 6.45) is 9.79. The third-order valence-electron chi connectivity index (χ3n) is 7.03. The largest absolute Gasteiger partial charge is 0.361 e. The summed E-state index contributed by atoms with van der Waals surface area (Å²) in [7, 11) is 0. The van der Waals surface area contributed by atoms with Crippen molar-refractivity contribution in [2.45, 2.75) is 50.6 Å². The molecule has 2 aliphatic heterocycles. The number of rotatable bonds is 5. The number of fused-ring (bicyclic) bond motifs is 7. The fourth-order valence-corrected chi connectivity index (χ4v) is 5.75. The highest BCUT2D eigenvalue weighted by Gasteiger charge is 2.41. The van der Waals surface area contributed by atoms with Crippen LogP contribution in [0.5, 0.6) is 0 Å². The fourth-order valence-electron chi connectivity index (χ4n) is 5.75. The number of benzene rings is 2. The summed E-state index contributed by atoms with van der Waals surface area (Å²) >= 11 is 0. The van der Waals surface area contributed by atoms with Gasteiger partial charge in [-0.05, 0) is 61.9 Å². The minimum absolute atomic E-state index is 0.623. The molecule has 0 unspecified atom stereocenters. The maximum absolute atomic E-state index is 3.71. The Balaban J connectivity index is 1.16. The van der Waals surface area contributed by atoms with Gasteiger partial charge >= 0.3 is 0 Å². The first kappa shape index (κ1) is 16.4. The van der Waals surface area contributed by atoms with Gasteiger partial charge in [-0.25, -0.2) is 0 Å². The lowest BCUT2D eigenvalue weighted by atomic mass is 9.96. The van der Waals surface area contributed by atoms with E-state index in [0.29, 0.717) is 6.04 Å². The molecule has 1 saturated heterocycles. The Morgan fingerprint density at radius 3 is 2.64 bits per heavy atom. The van der Waals surface area contributed by atoms with Crippen molar-refractivity contribution in [2.24, 2.45) is 0 Å². The van der Waals surface area contributed by atoms with Gasteiger partial charge in [-0.2, -0.15) is 0 Å². The molecule has 4 aromatic rings. The first-order valence-electron chi connectivity index (χ1n) is 10.8. The molecule has 28 heavy (non-hydrogen) atoms. The van der Waals surface area contributed by atoms with Gasteiger partial charge in [0.05, 0.1) is 0 Å². The summed E-state index contributed by atoms with van der Waals surface area (Å²) in [5.74, 6) is 0. The Morgan fingerprint density at radius 1 is 0.893 bits per heavy atom. The topological polar surface area (TPSA) is 34.8 Å². The van der Waals surface area contributed by atoms with Gasteiger partial charge in [-0.15, -0.1) is 0 Å². The normalized spacial score (nSPS) is 21.6.